The molecular weight excluding hydrogens is 428 g/mol. The fraction of sp³-hybridized carbons (Fsp3) is 0.208. The molecule has 0 radical (unpaired) electrons. The Morgan fingerprint density at radius 3 is 2.48 bits per heavy atom. The molecule has 0 fully saturated rings. The second-order valence-electron chi connectivity index (χ2n) is 7.32. The number of hydrogen-bond acceptors (Lipinski definition) is 4. The van der Waals surface area contributed by atoms with Crippen LogP contribution in [0, 0.1) is 57.3 Å². The van der Waals surface area contributed by atoms with Gasteiger partial charge in [-0.1, -0.05) is 17.7 Å². The summed E-state index contributed by atoms with van der Waals surface area (Å²) in [6.07, 6.45) is 1.57. The summed E-state index contributed by atoms with van der Waals surface area (Å²) in [5.41, 5.74) is 5.55. The van der Waals surface area contributed by atoms with Crippen molar-refractivity contribution in [3.63, 3.8) is 0 Å². The number of rotatable bonds is 4. The van der Waals surface area contributed by atoms with Crippen molar-refractivity contribution in [1.82, 2.24) is 4.57 Å². The third-order valence-corrected chi connectivity index (χ3v) is 6.85. The van der Waals surface area contributed by atoms with E-state index in [4.69, 9.17) is 11.6 Å². The summed E-state index contributed by atoms with van der Waals surface area (Å²) in [6, 6.07) is 11.4. The van der Waals surface area contributed by atoms with Gasteiger partial charge >= 0.3 is 0 Å². The average molecular weight is 449 g/mol. The lowest BCUT2D eigenvalue weighted by molar-refractivity contribution is -0.112. The molecule has 1 N–H and O–H groups in total. The second kappa shape index (κ2) is 8.81. The SMILES string of the molecule is Cc1ccc(NC(=O)/C(C#N)=C\c2cc(C)n(-c3sc(C)c(C)c3C#N)c2C)cc1Cl. The van der Waals surface area contributed by atoms with Gasteiger partial charge in [-0.3, -0.25) is 4.79 Å². The van der Waals surface area contributed by atoms with E-state index in [1.165, 1.54) is 0 Å². The van der Waals surface area contributed by atoms with Gasteiger partial charge < -0.3 is 9.88 Å². The number of aryl methyl sites for hydroxylation is 3. The molecule has 0 aliphatic carbocycles. The van der Waals surface area contributed by atoms with Crippen LogP contribution in [0.1, 0.15) is 38.5 Å². The van der Waals surface area contributed by atoms with Gasteiger partial charge in [-0.25, -0.2) is 0 Å². The van der Waals surface area contributed by atoms with Crippen LogP contribution in [0.2, 0.25) is 5.02 Å². The van der Waals surface area contributed by atoms with Crippen LogP contribution in [-0.2, 0) is 4.79 Å². The molecule has 0 spiro atoms. The number of hydrogen-bond donors (Lipinski definition) is 1. The molecule has 0 saturated carbocycles. The van der Waals surface area contributed by atoms with Crippen LogP contribution in [0.15, 0.2) is 29.8 Å². The molecule has 0 aliphatic heterocycles. The van der Waals surface area contributed by atoms with Gasteiger partial charge in [0.05, 0.1) is 5.56 Å². The fourth-order valence-corrected chi connectivity index (χ4v) is 4.72. The van der Waals surface area contributed by atoms with Crippen molar-refractivity contribution in [3.8, 4) is 17.1 Å². The molecule has 0 saturated heterocycles. The van der Waals surface area contributed by atoms with Gasteiger partial charge in [-0.2, -0.15) is 10.5 Å². The summed E-state index contributed by atoms with van der Waals surface area (Å²) in [7, 11) is 0. The van der Waals surface area contributed by atoms with Gasteiger partial charge in [0.15, 0.2) is 0 Å². The van der Waals surface area contributed by atoms with Gasteiger partial charge in [0.2, 0.25) is 0 Å². The Morgan fingerprint density at radius 2 is 1.87 bits per heavy atom. The zero-order chi connectivity index (χ0) is 22.9. The van der Waals surface area contributed by atoms with Crippen molar-refractivity contribution >= 4 is 40.6 Å². The minimum atomic E-state index is -0.507. The van der Waals surface area contributed by atoms with Gasteiger partial charge in [0.1, 0.15) is 22.7 Å². The zero-order valence-electron chi connectivity index (χ0n) is 17.9. The van der Waals surface area contributed by atoms with E-state index in [0.29, 0.717) is 16.3 Å². The van der Waals surface area contributed by atoms with Gasteiger partial charge in [0, 0.05) is 27.0 Å². The predicted molar refractivity (Wildman–Crippen MR) is 126 cm³/mol. The first-order chi connectivity index (χ1) is 14.7. The summed E-state index contributed by atoms with van der Waals surface area (Å²) in [5, 5.41) is 23.3. The maximum Gasteiger partial charge on any atom is 0.266 e. The average Bonchev–Trinajstić information content (AvgIpc) is 3.16. The van der Waals surface area contributed by atoms with Gasteiger partial charge in [-0.15, -0.1) is 11.3 Å². The molecule has 31 heavy (non-hydrogen) atoms. The number of carbonyl (C=O) groups is 1. The first kappa shape index (κ1) is 22.4. The molecule has 2 aromatic heterocycles. The van der Waals surface area contributed by atoms with Crippen LogP contribution < -0.4 is 5.32 Å². The minimum Gasteiger partial charge on any atom is -0.321 e. The number of aromatic nitrogens is 1. The van der Waals surface area contributed by atoms with Crippen molar-refractivity contribution in [2.45, 2.75) is 34.6 Å². The van der Waals surface area contributed by atoms with Crippen LogP contribution in [0.3, 0.4) is 0 Å². The van der Waals surface area contributed by atoms with E-state index in [9.17, 15) is 15.3 Å². The second-order valence-corrected chi connectivity index (χ2v) is 8.94. The summed E-state index contributed by atoms with van der Waals surface area (Å²) in [5.74, 6) is -0.507. The lowest BCUT2D eigenvalue weighted by Crippen LogP contribution is -2.13. The van der Waals surface area contributed by atoms with Crippen LogP contribution in [0.25, 0.3) is 11.1 Å². The standard InChI is InChI=1S/C24H21ClN4OS/c1-13-6-7-20(10-22(13)25)28-23(30)19(11-26)9-18-8-14(2)29(16(18)4)24-21(12-27)15(3)17(5)31-24/h6-10H,1-5H3,(H,28,30)/b19-9-. The van der Waals surface area contributed by atoms with E-state index in [2.05, 4.69) is 11.4 Å². The number of benzene rings is 1. The Labute approximate surface area is 190 Å². The van der Waals surface area contributed by atoms with E-state index in [-0.39, 0.29) is 5.57 Å². The lowest BCUT2D eigenvalue weighted by Gasteiger charge is -2.08. The first-order valence-corrected chi connectivity index (χ1v) is 10.8. The molecular formula is C24H21ClN4OS. The number of anilines is 1. The van der Waals surface area contributed by atoms with E-state index >= 15 is 0 Å². The van der Waals surface area contributed by atoms with Crippen LogP contribution >= 0.6 is 22.9 Å². The molecule has 7 heteroatoms. The molecule has 156 valence electrons. The Balaban J connectivity index is 1.99. The highest BCUT2D eigenvalue weighted by Gasteiger charge is 2.19. The topological polar surface area (TPSA) is 81.6 Å². The Hall–Kier alpha value is -3.32. The number of thiophene rings is 1. The Kier molecular flexibility index (Phi) is 6.36. The molecule has 3 aromatic rings. The van der Waals surface area contributed by atoms with E-state index in [0.717, 1.165) is 38.0 Å². The molecule has 0 aliphatic rings. The molecule has 0 atom stereocenters. The summed E-state index contributed by atoms with van der Waals surface area (Å²) >= 11 is 7.68. The number of amides is 1. The van der Waals surface area contributed by atoms with E-state index in [1.54, 1.807) is 35.6 Å². The summed E-state index contributed by atoms with van der Waals surface area (Å²) in [4.78, 5) is 13.8. The monoisotopic (exact) mass is 448 g/mol. The van der Waals surface area contributed by atoms with Crippen molar-refractivity contribution < 1.29 is 4.79 Å². The van der Waals surface area contributed by atoms with E-state index in [1.807, 2.05) is 51.3 Å². The summed E-state index contributed by atoms with van der Waals surface area (Å²) in [6.45, 7) is 9.67. The number of carbonyl (C=O) groups excluding carboxylic acids is 1. The molecule has 1 amide bonds. The fourth-order valence-electron chi connectivity index (χ4n) is 3.32. The zero-order valence-corrected chi connectivity index (χ0v) is 19.5. The highest BCUT2D eigenvalue weighted by atomic mass is 35.5. The third kappa shape index (κ3) is 4.27. The number of halogens is 1. The predicted octanol–water partition coefficient (Wildman–Crippen LogP) is 6.15. The van der Waals surface area contributed by atoms with Gasteiger partial charge in [0.25, 0.3) is 5.91 Å². The maximum atomic E-state index is 12.7. The highest BCUT2D eigenvalue weighted by molar-refractivity contribution is 7.14. The van der Waals surface area contributed by atoms with Crippen LogP contribution in [0.4, 0.5) is 5.69 Å². The molecule has 0 unspecified atom stereocenters. The molecule has 2 heterocycles. The number of nitrogens with one attached hydrogen (secondary N) is 1. The molecule has 5 nitrogen and oxygen atoms in total. The maximum absolute atomic E-state index is 12.7. The van der Waals surface area contributed by atoms with Crippen molar-refractivity contribution in [3.05, 3.63) is 73.4 Å². The Bertz CT molecular complexity index is 1310. The van der Waals surface area contributed by atoms with Crippen molar-refractivity contribution in [2.75, 3.05) is 5.32 Å². The third-order valence-electron chi connectivity index (χ3n) is 5.25. The van der Waals surface area contributed by atoms with Crippen LogP contribution in [-0.4, -0.2) is 10.5 Å². The number of nitriles is 2. The van der Waals surface area contributed by atoms with Gasteiger partial charge in [-0.05, 0) is 75.6 Å². The van der Waals surface area contributed by atoms with Crippen LogP contribution in [0.5, 0.6) is 0 Å². The molecule has 1 aromatic carbocycles. The van der Waals surface area contributed by atoms with Crippen molar-refractivity contribution in [1.29, 1.82) is 10.5 Å². The molecule has 0 bridgehead atoms. The quantitative estimate of drug-likeness (QED) is 0.383. The normalized spacial score (nSPS) is 11.2. The lowest BCUT2D eigenvalue weighted by atomic mass is 10.1. The van der Waals surface area contributed by atoms with Crippen molar-refractivity contribution in [2.24, 2.45) is 0 Å². The largest absolute Gasteiger partial charge is 0.321 e. The summed E-state index contributed by atoms with van der Waals surface area (Å²) < 4.78 is 2.00. The van der Waals surface area contributed by atoms with E-state index < -0.39 is 5.91 Å². The molecule has 3 rings (SSSR count). The smallest absolute Gasteiger partial charge is 0.266 e. The highest BCUT2D eigenvalue weighted by Crippen LogP contribution is 2.34. The Morgan fingerprint density at radius 1 is 1.16 bits per heavy atom. The minimum absolute atomic E-state index is 0.0176. The first-order valence-electron chi connectivity index (χ1n) is 9.56. The number of nitrogens with zero attached hydrogens (tertiary/aromatic N) is 3.